The number of nitrogens with zero attached hydrogens (tertiary/aromatic N) is 2. The fourth-order valence-corrected chi connectivity index (χ4v) is 3.39. The molecule has 0 aliphatic rings. The van der Waals surface area contributed by atoms with Crippen LogP contribution in [0.1, 0.15) is 16.8 Å². The number of fused-ring (bicyclic) bond motifs is 2. The van der Waals surface area contributed by atoms with E-state index in [-0.39, 0.29) is 11.5 Å². The van der Waals surface area contributed by atoms with Crippen LogP contribution in [0.2, 0.25) is 0 Å². The Bertz CT molecular complexity index is 1350. The molecule has 0 aliphatic heterocycles. The molecule has 0 atom stereocenters. The minimum absolute atomic E-state index is 0.194. The Balaban J connectivity index is 1.35. The predicted octanol–water partition coefficient (Wildman–Crippen LogP) is 3.34. The van der Waals surface area contributed by atoms with Crippen LogP contribution in [-0.2, 0) is 7.05 Å². The summed E-state index contributed by atoms with van der Waals surface area (Å²) in [5.74, 6) is 0.509. The first kappa shape index (κ1) is 19.8. The number of carbonyl (C=O) groups is 1. The number of benzene rings is 2. The summed E-state index contributed by atoms with van der Waals surface area (Å²) in [7, 11) is 1.61. The molecule has 7 nitrogen and oxygen atoms in total. The van der Waals surface area contributed by atoms with E-state index < -0.39 is 0 Å². The summed E-state index contributed by atoms with van der Waals surface area (Å²) in [5.41, 5.74) is 1.63. The molecule has 0 saturated carbocycles. The monoisotopic (exact) mass is 420 g/mol. The third-order valence-electron chi connectivity index (χ3n) is 4.82. The molecule has 4 aromatic rings. The molecule has 0 unspecified atom stereocenters. The lowest BCUT2D eigenvalue weighted by atomic mass is 10.1. The van der Waals surface area contributed by atoms with Gasteiger partial charge in [-0.3, -0.25) is 19.1 Å². The molecule has 4 rings (SSSR count). The fourth-order valence-electron chi connectivity index (χ4n) is 3.20. The summed E-state index contributed by atoms with van der Waals surface area (Å²) in [6.07, 6.45) is 2.38. The number of rotatable bonds is 6. The summed E-state index contributed by atoms with van der Waals surface area (Å²) in [6.45, 7) is 0.915. The Morgan fingerprint density at radius 3 is 2.93 bits per heavy atom. The highest BCUT2D eigenvalue weighted by molar-refractivity contribution is 7.71. The van der Waals surface area contributed by atoms with E-state index in [2.05, 4.69) is 15.3 Å². The van der Waals surface area contributed by atoms with Gasteiger partial charge in [0.05, 0.1) is 17.5 Å². The van der Waals surface area contributed by atoms with Gasteiger partial charge in [0.25, 0.3) is 11.5 Å². The number of amides is 1. The second-order valence-corrected chi connectivity index (χ2v) is 7.23. The van der Waals surface area contributed by atoms with Crippen molar-refractivity contribution in [2.24, 2.45) is 7.05 Å². The zero-order valence-corrected chi connectivity index (χ0v) is 17.2. The van der Waals surface area contributed by atoms with Crippen molar-refractivity contribution in [3.8, 4) is 5.75 Å². The summed E-state index contributed by atoms with van der Waals surface area (Å²) < 4.78 is 7.51. The summed E-state index contributed by atoms with van der Waals surface area (Å²) in [6, 6.07) is 14.6. The highest BCUT2D eigenvalue weighted by Crippen LogP contribution is 2.22. The Kier molecular flexibility index (Phi) is 5.58. The van der Waals surface area contributed by atoms with Crippen LogP contribution in [0.5, 0.6) is 5.75 Å². The largest absolute Gasteiger partial charge is 0.491 e. The molecule has 30 heavy (non-hydrogen) atoms. The number of nitrogens with one attached hydrogen (secondary N) is 2. The van der Waals surface area contributed by atoms with E-state index in [4.69, 9.17) is 17.0 Å². The SMILES string of the molecule is Cn1c(=S)[nH]c2cc(C(=O)NCCCOc3cccc4cccnc34)ccc2c1=O. The number of aromatic nitrogens is 3. The standard InChI is InChI=1S/C22H20N4O3S/c1-26-21(28)16-9-8-15(13-17(16)25-22(26)30)20(27)24-11-4-12-29-18-7-2-5-14-6-3-10-23-19(14)18/h2-3,5-10,13H,4,11-12H2,1H3,(H,24,27)(H,25,30). The van der Waals surface area contributed by atoms with Crippen molar-refractivity contribution in [3.63, 3.8) is 0 Å². The molecule has 0 saturated heterocycles. The number of pyridine rings is 1. The molecular weight excluding hydrogens is 400 g/mol. The molecule has 0 radical (unpaired) electrons. The minimum Gasteiger partial charge on any atom is -0.491 e. The molecule has 0 bridgehead atoms. The zero-order valence-electron chi connectivity index (χ0n) is 16.3. The van der Waals surface area contributed by atoms with Gasteiger partial charge < -0.3 is 15.0 Å². The lowest BCUT2D eigenvalue weighted by Gasteiger charge is -2.10. The van der Waals surface area contributed by atoms with E-state index >= 15 is 0 Å². The van der Waals surface area contributed by atoms with Gasteiger partial charge >= 0.3 is 0 Å². The number of H-pyrrole nitrogens is 1. The topological polar surface area (TPSA) is 89.0 Å². The molecule has 0 fully saturated rings. The summed E-state index contributed by atoms with van der Waals surface area (Å²) in [5, 5.41) is 4.38. The Labute approximate surface area is 177 Å². The first-order chi connectivity index (χ1) is 14.5. The van der Waals surface area contributed by atoms with Gasteiger partial charge in [-0.15, -0.1) is 0 Å². The molecule has 2 heterocycles. The lowest BCUT2D eigenvalue weighted by molar-refractivity contribution is 0.0951. The molecule has 152 valence electrons. The van der Waals surface area contributed by atoms with Gasteiger partial charge in [0, 0.05) is 30.7 Å². The van der Waals surface area contributed by atoms with E-state index in [1.165, 1.54) is 4.57 Å². The van der Waals surface area contributed by atoms with Crippen molar-refractivity contribution in [1.82, 2.24) is 19.9 Å². The van der Waals surface area contributed by atoms with Crippen molar-refractivity contribution in [3.05, 3.63) is 75.4 Å². The van der Waals surface area contributed by atoms with Gasteiger partial charge in [-0.1, -0.05) is 18.2 Å². The molecule has 2 N–H and O–H groups in total. The highest BCUT2D eigenvalue weighted by Gasteiger charge is 2.09. The summed E-state index contributed by atoms with van der Waals surface area (Å²) in [4.78, 5) is 32.0. The van der Waals surface area contributed by atoms with Gasteiger partial charge in [-0.2, -0.15) is 0 Å². The molecular formula is C22H20N4O3S. The van der Waals surface area contributed by atoms with Gasteiger partial charge in [-0.05, 0) is 49.0 Å². The molecule has 0 aliphatic carbocycles. The lowest BCUT2D eigenvalue weighted by Crippen LogP contribution is -2.26. The van der Waals surface area contributed by atoms with Crippen LogP contribution < -0.4 is 15.6 Å². The number of hydrogen-bond donors (Lipinski definition) is 2. The van der Waals surface area contributed by atoms with Gasteiger partial charge in [-0.25, -0.2) is 0 Å². The Morgan fingerprint density at radius 2 is 2.07 bits per heavy atom. The van der Waals surface area contributed by atoms with Crippen molar-refractivity contribution in [2.45, 2.75) is 6.42 Å². The second kappa shape index (κ2) is 8.46. The maximum absolute atomic E-state index is 12.4. The number of ether oxygens (including phenoxy) is 1. The first-order valence-electron chi connectivity index (χ1n) is 9.52. The van der Waals surface area contributed by atoms with Gasteiger partial charge in [0.15, 0.2) is 4.77 Å². The number of para-hydroxylation sites is 1. The average molecular weight is 420 g/mol. The number of aromatic amines is 1. The van der Waals surface area contributed by atoms with Gasteiger partial charge in [0.1, 0.15) is 11.3 Å². The quantitative estimate of drug-likeness (QED) is 0.369. The van der Waals surface area contributed by atoms with Crippen LogP contribution >= 0.6 is 12.2 Å². The summed E-state index contributed by atoms with van der Waals surface area (Å²) >= 11 is 5.13. The van der Waals surface area contributed by atoms with E-state index in [9.17, 15) is 9.59 Å². The average Bonchev–Trinajstić information content (AvgIpc) is 2.77. The van der Waals surface area contributed by atoms with Crippen molar-refractivity contribution in [2.75, 3.05) is 13.2 Å². The van der Waals surface area contributed by atoms with Crippen molar-refractivity contribution >= 4 is 39.9 Å². The number of hydrogen-bond acceptors (Lipinski definition) is 5. The maximum atomic E-state index is 12.4. The second-order valence-electron chi connectivity index (χ2n) is 6.84. The van der Waals surface area contributed by atoms with E-state index in [1.54, 1.807) is 31.4 Å². The van der Waals surface area contributed by atoms with Gasteiger partial charge in [0.2, 0.25) is 0 Å². The number of carbonyl (C=O) groups excluding carboxylic acids is 1. The van der Waals surface area contributed by atoms with E-state index in [0.29, 0.717) is 40.8 Å². The molecule has 2 aromatic carbocycles. The van der Waals surface area contributed by atoms with E-state index in [1.807, 2.05) is 30.3 Å². The Hall–Kier alpha value is -3.52. The third-order valence-corrected chi connectivity index (χ3v) is 5.20. The predicted molar refractivity (Wildman–Crippen MR) is 119 cm³/mol. The minimum atomic E-state index is -0.219. The van der Waals surface area contributed by atoms with Crippen LogP contribution in [0.3, 0.4) is 0 Å². The van der Waals surface area contributed by atoms with Crippen molar-refractivity contribution in [1.29, 1.82) is 0 Å². The highest BCUT2D eigenvalue weighted by atomic mass is 32.1. The molecule has 1 amide bonds. The van der Waals surface area contributed by atoms with Crippen LogP contribution in [0.4, 0.5) is 0 Å². The third kappa shape index (κ3) is 3.95. The van der Waals surface area contributed by atoms with E-state index in [0.717, 1.165) is 16.7 Å². The molecule has 2 aromatic heterocycles. The van der Waals surface area contributed by atoms with Crippen LogP contribution in [0.15, 0.2) is 59.5 Å². The van der Waals surface area contributed by atoms with Crippen LogP contribution in [-0.4, -0.2) is 33.6 Å². The maximum Gasteiger partial charge on any atom is 0.261 e. The molecule has 8 heteroatoms. The first-order valence-corrected chi connectivity index (χ1v) is 9.93. The van der Waals surface area contributed by atoms with Crippen LogP contribution in [0, 0.1) is 4.77 Å². The van der Waals surface area contributed by atoms with Crippen LogP contribution in [0.25, 0.3) is 21.8 Å². The Morgan fingerprint density at radius 1 is 1.23 bits per heavy atom. The normalized spacial score (nSPS) is 11.0. The van der Waals surface area contributed by atoms with Crippen molar-refractivity contribution < 1.29 is 9.53 Å². The zero-order chi connectivity index (χ0) is 21.1. The molecule has 0 spiro atoms. The smallest absolute Gasteiger partial charge is 0.261 e. The fraction of sp³-hybridized carbons (Fsp3) is 0.182.